The summed E-state index contributed by atoms with van der Waals surface area (Å²) in [7, 11) is 0. The number of carbonyl (C=O) groups excluding carboxylic acids is 1. The molecule has 1 aromatic carbocycles. The van der Waals surface area contributed by atoms with Gasteiger partial charge in [0.05, 0.1) is 10.8 Å². The quantitative estimate of drug-likeness (QED) is 0.508. The van der Waals surface area contributed by atoms with Gasteiger partial charge in [-0.2, -0.15) is 0 Å². The molecule has 2 rings (SSSR count). The zero-order valence-corrected chi connectivity index (χ0v) is 9.66. The fraction of sp³-hybridized carbons (Fsp3) is 0.167. The Morgan fingerprint density at radius 1 is 1.44 bits per heavy atom. The van der Waals surface area contributed by atoms with Crippen LogP contribution < -0.4 is 0 Å². The second-order valence-corrected chi connectivity index (χ2v) is 3.84. The molecule has 1 atom stereocenters. The number of nitrogens with one attached hydrogen (secondary N) is 1. The van der Waals surface area contributed by atoms with Crippen LogP contribution in [0.4, 0.5) is 5.69 Å². The molecular formula is C12H11N3O3. The van der Waals surface area contributed by atoms with E-state index in [0.717, 1.165) is 0 Å². The van der Waals surface area contributed by atoms with Crippen LogP contribution in [0, 0.1) is 10.1 Å². The van der Waals surface area contributed by atoms with E-state index in [2.05, 4.69) is 9.97 Å². The third kappa shape index (κ3) is 2.13. The second-order valence-electron chi connectivity index (χ2n) is 3.84. The third-order valence-corrected chi connectivity index (χ3v) is 2.72. The van der Waals surface area contributed by atoms with Crippen molar-refractivity contribution in [3.8, 4) is 0 Å². The fourth-order valence-electron chi connectivity index (χ4n) is 1.77. The predicted octanol–water partition coefficient (Wildman–Crippen LogP) is 2.30. The lowest BCUT2D eigenvalue weighted by Crippen LogP contribution is -2.12. The van der Waals surface area contributed by atoms with E-state index in [4.69, 9.17) is 0 Å². The molecule has 1 aromatic heterocycles. The number of aromatic amines is 1. The summed E-state index contributed by atoms with van der Waals surface area (Å²) in [5.41, 5.74) is 0.341. The zero-order chi connectivity index (χ0) is 13.1. The van der Waals surface area contributed by atoms with Crippen molar-refractivity contribution in [3.63, 3.8) is 0 Å². The Bertz CT molecular complexity index is 578. The van der Waals surface area contributed by atoms with E-state index >= 15 is 0 Å². The lowest BCUT2D eigenvalue weighted by atomic mass is 9.95. The maximum atomic E-state index is 12.1. The van der Waals surface area contributed by atoms with E-state index in [1.165, 1.54) is 12.3 Å². The van der Waals surface area contributed by atoms with Crippen molar-refractivity contribution in [1.82, 2.24) is 9.97 Å². The molecule has 0 bridgehead atoms. The number of nitrogens with zero attached hydrogens (tertiary/aromatic N) is 2. The minimum Gasteiger partial charge on any atom is -0.342 e. The number of hydrogen-bond donors (Lipinski definition) is 1. The van der Waals surface area contributed by atoms with Gasteiger partial charge in [0.2, 0.25) is 5.78 Å². The number of carbonyl (C=O) groups is 1. The molecule has 0 spiro atoms. The topological polar surface area (TPSA) is 88.9 Å². The van der Waals surface area contributed by atoms with Crippen LogP contribution in [0.25, 0.3) is 0 Å². The largest absolute Gasteiger partial charge is 0.342 e. The Balaban J connectivity index is 2.37. The molecule has 0 saturated carbocycles. The first-order valence-electron chi connectivity index (χ1n) is 5.38. The lowest BCUT2D eigenvalue weighted by molar-refractivity contribution is -0.385. The van der Waals surface area contributed by atoms with Gasteiger partial charge in [-0.05, 0) is 0 Å². The summed E-state index contributed by atoms with van der Waals surface area (Å²) in [6.07, 6.45) is 3.01. The van der Waals surface area contributed by atoms with Gasteiger partial charge in [0.15, 0.2) is 5.82 Å². The average molecular weight is 245 g/mol. The smallest absolute Gasteiger partial charge is 0.273 e. The Kier molecular flexibility index (Phi) is 3.18. The van der Waals surface area contributed by atoms with Crippen LogP contribution >= 0.6 is 0 Å². The number of ketones is 1. The van der Waals surface area contributed by atoms with Crippen molar-refractivity contribution in [3.05, 3.63) is 58.2 Å². The van der Waals surface area contributed by atoms with Gasteiger partial charge in [0.25, 0.3) is 5.69 Å². The zero-order valence-electron chi connectivity index (χ0n) is 9.66. The number of hydrogen-bond acceptors (Lipinski definition) is 4. The molecule has 0 radical (unpaired) electrons. The van der Waals surface area contributed by atoms with Gasteiger partial charge >= 0.3 is 0 Å². The third-order valence-electron chi connectivity index (χ3n) is 2.72. The normalized spacial score (nSPS) is 12.1. The summed E-state index contributed by atoms with van der Waals surface area (Å²) in [5, 5.41) is 10.9. The van der Waals surface area contributed by atoms with Crippen molar-refractivity contribution < 1.29 is 9.72 Å². The molecule has 0 aliphatic heterocycles. The van der Waals surface area contributed by atoms with E-state index < -0.39 is 10.8 Å². The van der Waals surface area contributed by atoms with Gasteiger partial charge in [0, 0.05) is 24.0 Å². The Labute approximate surface area is 103 Å². The summed E-state index contributed by atoms with van der Waals surface area (Å²) >= 11 is 0. The second kappa shape index (κ2) is 4.79. The predicted molar refractivity (Wildman–Crippen MR) is 64.4 cm³/mol. The van der Waals surface area contributed by atoms with E-state index in [1.807, 2.05) is 0 Å². The van der Waals surface area contributed by atoms with E-state index in [0.29, 0.717) is 5.56 Å². The summed E-state index contributed by atoms with van der Waals surface area (Å²) in [4.78, 5) is 29.1. The van der Waals surface area contributed by atoms with Crippen molar-refractivity contribution in [2.45, 2.75) is 12.8 Å². The molecule has 1 heterocycles. The molecule has 0 fully saturated rings. The van der Waals surface area contributed by atoms with Crippen LogP contribution in [0.2, 0.25) is 0 Å². The number of para-hydroxylation sites is 1. The van der Waals surface area contributed by atoms with E-state index in [-0.39, 0.29) is 17.3 Å². The number of H-pyrrole nitrogens is 1. The van der Waals surface area contributed by atoms with Gasteiger partial charge in [-0.25, -0.2) is 4.98 Å². The van der Waals surface area contributed by atoms with Crippen molar-refractivity contribution >= 4 is 11.5 Å². The highest BCUT2D eigenvalue weighted by atomic mass is 16.6. The molecule has 18 heavy (non-hydrogen) atoms. The number of Topliss-reactive ketones (excluding diaryl/α,β-unsaturated/α-hetero) is 1. The number of aromatic nitrogens is 2. The fourth-order valence-corrected chi connectivity index (χ4v) is 1.77. The van der Waals surface area contributed by atoms with Crippen molar-refractivity contribution in [2.24, 2.45) is 0 Å². The maximum Gasteiger partial charge on any atom is 0.273 e. The number of nitro groups is 1. The SMILES string of the molecule is CC(C(=O)c1ncc[nH]1)c1ccccc1[N+](=O)[O-]. The maximum absolute atomic E-state index is 12.1. The molecule has 6 nitrogen and oxygen atoms in total. The highest BCUT2D eigenvalue weighted by Crippen LogP contribution is 2.27. The average Bonchev–Trinajstić information content (AvgIpc) is 2.90. The standard InChI is InChI=1S/C12H11N3O3/c1-8(11(16)12-13-6-7-14-12)9-4-2-3-5-10(9)15(17)18/h2-8H,1H3,(H,13,14). The first-order valence-corrected chi connectivity index (χ1v) is 5.38. The minimum absolute atomic E-state index is 0.0510. The number of rotatable bonds is 4. The Morgan fingerprint density at radius 3 is 2.78 bits per heavy atom. The highest BCUT2D eigenvalue weighted by molar-refractivity contribution is 5.98. The lowest BCUT2D eigenvalue weighted by Gasteiger charge is -2.09. The minimum atomic E-state index is -0.613. The summed E-state index contributed by atoms with van der Waals surface area (Å²) < 4.78 is 0. The van der Waals surface area contributed by atoms with Crippen molar-refractivity contribution in [1.29, 1.82) is 0 Å². The molecule has 6 heteroatoms. The van der Waals surface area contributed by atoms with Gasteiger partial charge in [-0.3, -0.25) is 14.9 Å². The van der Waals surface area contributed by atoms with Crippen molar-refractivity contribution in [2.75, 3.05) is 0 Å². The van der Waals surface area contributed by atoms with Gasteiger partial charge in [-0.15, -0.1) is 0 Å². The van der Waals surface area contributed by atoms with Gasteiger partial charge in [0.1, 0.15) is 0 Å². The van der Waals surface area contributed by atoms with Crippen LogP contribution in [-0.2, 0) is 0 Å². The first-order chi connectivity index (χ1) is 8.61. The molecule has 92 valence electrons. The molecule has 2 aromatic rings. The number of imidazole rings is 1. The van der Waals surface area contributed by atoms with Gasteiger partial charge < -0.3 is 4.98 Å². The highest BCUT2D eigenvalue weighted by Gasteiger charge is 2.25. The van der Waals surface area contributed by atoms with Crippen LogP contribution in [0.3, 0.4) is 0 Å². The van der Waals surface area contributed by atoms with Crippen LogP contribution in [-0.4, -0.2) is 20.7 Å². The van der Waals surface area contributed by atoms with E-state index in [9.17, 15) is 14.9 Å². The first kappa shape index (κ1) is 12.0. The molecule has 0 aliphatic rings. The van der Waals surface area contributed by atoms with Crippen LogP contribution in [0.5, 0.6) is 0 Å². The van der Waals surface area contributed by atoms with Crippen LogP contribution in [0.15, 0.2) is 36.7 Å². The van der Waals surface area contributed by atoms with E-state index in [1.54, 1.807) is 31.3 Å². The van der Waals surface area contributed by atoms with Crippen LogP contribution in [0.1, 0.15) is 29.0 Å². The Morgan fingerprint density at radius 2 is 2.17 bits per heavy atom. The molecule has 0 amide bonds. The summed E-state index contributed by atoms with van der Waals surface area (Å²) in [6.45, 7) is 1.63. The van der Waals surface area contributed by atoms with Gasteiger partial charge in [-0.1, -0.05) is 25.1 Å². The molecule has 1 N–H and O–H groups in total. The monoisotopic (exact) mass is 245 g/mol. The molecule has 0 saturated heterocycles. The molecular weight excluding hydrogens is 234 g/mol. The summed E-state index contributed by atoms with van der Waals surface area (Å²) in [6, 6.07) is 6.23. The summed E-state index contributed by atoms with van der Waals surface area (Å²) in [5.74, 6) is -0.673. The Hall–Kier alpha value is -2.50. The molecule has 0 aliphatic carbocycles. The number of benzene rings is 1. The number of nitro benzene ring substituents is 1. The molecule has 1 unspecified atom stereocenters.